The molecule has 0 aliphatic carbocycles. The Bertz CT molecular complexity index is 301. The maximum Gasteiger partial charge on any atom is 0.225 e. The van der Waals surface area contributed by atoms with Gasteiger partial charge in [-0.15, -0.1) is 0 Å². The normalized spacial score (nSPS) is 16.4. The molecule has 88 valence electrons. The molecule has 1 saturated heterocycles. The van der Waals surface area contributed by atoms with E-state index in [0.29, 0.717) is 0 Å². The van der Waals surface area contributed by atoms with Crippen molar-refractivity contribution in [2.75, 3.05) is 18.0 Å². The summed E-state index contributed by atoms with van der Waals surface area (Å²) in [7, 11) is 0. The third kappa shape index (κ3) is 2.94. The molecule has 0 saturated carbocycles. The van der Waals surface area contributed by atoms with E-state index in [4.69, 9.17) is 0 Å². The quantitative estimate of drug-likeness (QED) is 0.779. The summed E-state index contributed by atoms with van der Waals surface area (Å²) in [5.74, 6) is 0.917. The van der Waals surface area contributed by atoms with Crippen LogP contribution in [0.2, 0.25) is 0 Å². The highest BCUT2D eigenvalue weighted by atomic mass is 15.2. The van der Waals surface area contributed by atoms with E-state index >= 15 is 0 Å². The summed E-state index contributed by atoms with van der Waals surface area (Å²) in [6.07, 6.45) is 11.5. The Morgan fingerprint density at radius 3 is 2.44 bits per heavy atom. The van der Waals surface area contributed by atoms with Crippen LogP contribution in [0.1, 0.15) is 44.6 Å². The van der Waals surface area contributed by atoms with Gasteiger partial charge in [-0.3, -0.25) is 0 Å². The summed E-state index contributed by atoms with van der Waals surface area (Å²) in [5.41, 5.74) is 1.27. The van der Waals surface area contributed by atoms with Crippen LogP contribution in [0.3, 0.4) is 0 Å². The van der Waals surface area contributed by atoms with Crippen LogP contribution in [0.15, 0.2) is 12.4 Å². The van der Waals surface area contributed by atoms with Crippen molar-refractivity contribution < 1.29 is 0 Å². The Labute approximate surface area is 97.9 Å². The SMILES string of the molecule is CCCCc1cnc(N2CCCCC2)nc1. The second-order valence-electron chi connectivity index (χ2n) is 4.54. The van der Waals surface area contributed by atoms with Gasteiger partial charge < -0.3 is 4.90 Å². The Morgan fingerprint density at radius 2 is 1.81 bits per heavy atom. The number of aromatic nitrogens is 2. The average molecular weight is 219 g/mol. The van der Waals surface area contributed by atoms with Crippen molar-refractivity contribution in [1.29, 1.82) is 0 Å². The van der Waals surface area contributed by atoms with Gasteiger partial charge in [0.05, 0.1) is 0 Å². The largest absolute Gasteiger partial charge is 0.341 e. The van der Waals surface area contributed by atoms with Gasteiger partial charge in [0.2, 0.25) is 5.95 Å². The highest BCUT2D eigenvalue weighted by Crippen LogP contribution is 2.15. The van der Waals surface area contributed by atoms with E-state index in [-0.39, 0.29) is 0 Å². The van der Waals surface area contributed by atoms with Crippen molar-refractivity contribution in [3.8, 4) is 0 Å². The molecule has 1 aliphatic rings. The lowest BCUT2D eigenvalue weighted by Crippen LogP contribution is -2.30. The summed E-state index contributed by atoms with van der Waals surface area (Å²) in [6, 6.07) is 0. The first-order valence-electron chi connectivity index (χ1n) is 6.46. The molecule has 1 aromatic heterocycles. The number of nitrogens with zero attached hydrogens (tertiary/aromatic N) is 3. The van der Waals surface area contributed by atoms with E-state index in [0.717, 1.165) is 25.5 Å². The van der Waals surface area contributed by atoms with Crippen LogP contribution in [0.25, 0.3) is 0 Å². The van der Waals surface area contributed by atoms with Gasteiger partial charge in [0.1, 0.15) is 0 Å². The van der Waals surface area contributed by atoms with Crippen LogP contribution in [0.5, 0.6) is 0 Å². The van der Waals surface area contributed by atoms with Crippen molar-refractivity contribution in [3.05, 3.63) is 18.0 Å². The van der Waals surface area contributed by atoms with E-state index in [1.54, 1.807) is 0 Å². The lowest BCUT2D eigenvalue weighted by Gasteiger charge is -2.26. The van der Waals surface area contributed by atoms with Gasteiger partial charge in [0.25, 0.3) is 0 Å². The van der Waals surface area contributed by atoms with E-state index in [1.807, 2.05) is 12.4 Å². The molecule has 0 amide bonds. The molecule has 0 spiro atoms. The van der Waals surface area contributed by atoms with Gasteiger partial charge in [-0.25, -0.2) is 9.97 Å². The monoisotopic (exact) mass is 219 g/mol. The average Bonchev–Trinajstić information content (AvgIpc) is 2.38. The van der Waals surface area contributed by atoms with Crippen LogP contribution >= 0.6 is 0 Å². The smallest absolute Gasteiger partial charge is 0.225 e. The number of anilines is 1. The van der Waals surface area contributed by atoms with Crippen LogP contribution in [-0.4, -0.2) is 23.1 Å². The van der Waals surface area contributed by atoms with Crippen molar-refractivity contribution in [1.82, 2.24) is 9.97 Å². The van der Waals surface area contributed by atoms with E-state index in [1.165, 1.54) is 37.7 Å². The molecule has 2 heterocycles. The second-order valence-corrected chi connectivity index (χ2v) is 4.54. The second kappa shape index (κ2) is 5.83. The van der Waals surface area contributed by atoms with Crippen molar-refractivity contribution in [2.45, 2.75) is 45.4 Å². The Hall–Kier alpha value is -1.12. The van der Waals surface area contributed by atoms with Crippen LogP contribution in [-0.2, 0) is 6.42 Å². The number of aryl methyl sites for hydroxylation is 1. The van der Waals surface area contributed by atoms with Crippen LogP contribution in [0, 0.1) is 0 Å². The molecule has 0 atom stereocenters. The van der Waals surface area contributed by atoms with E-state index in [2.05, 4.69) is 21.8 Å². The molecular formula is C13H21N3. The summed E-state index contributed by atoms with van der Waals surface area (Å²) >= 11 is 0. The lowest BCUT2D eigenvalue weighted by molar-refractivity contribution is 0.568. The molecule has 1 fully saturated rings. The van der Waals surface area contributed by atoms with Gasteiger partial charge in [-0.05, 0) is 37.7 Å². The summed E-state index contributed by atoms with van der Waals surface area (Å²) in [4.78, 5) is 11.2. The first kappa shape index (κ1) is 11.4. The first-order chi connectivity index (χ1) is 7.90. The Balaban J connectivity index is 1.95. The predicted octanol–water partition coefficient (Wildman–Crippen LogP) is 2.81. The zero-order valence-corrected chi connectivity index (χ0v) is 10.2. The van der Waals surface area contributed by atoms with Crippen molar-refractivity contribution in [2.24, 2.45) is 0 Å². The van der Waals surface area contributed by atoms with Crippen LogP contribution in [0.4, 0.5) is 5.95 Å². The zero-order valence-electron chi connectivity index (χ0n) is 10.2. The van der Waals surface area contributed by atoms with Crippen LogP contribution < -0.4 is 4.90 Å². The predicted molar refractivity (Wildman–Crippen MR) is 66.7 cm³/mol. The number of unbranched alkanes of at least 4 members (excludes halogenated alkanes) is 1. The molecule has 1 aromatic rings. The van der Waals surface area contributed by atoms with Crippen molar-refractivity contribution >= 4 is 5.95 Å². The molecule has 3 nitrogen and oxygen atoms in total. The standard InChI is InChI=1S/C13H21N3/c1-2-3-7-12-10-14-13(15-11-12)16-8-5-4-6-9-16/h10-11H,2-9H2,1H3. The Kier molecular flexibility index (Phi) is 4.14. The number of hydrogen-bond donors (Lipinski definition) is 0. The molecule has 16 heavy (non-hydrogen) atoms. The molecule has 0 unspecified atom stereocenters. The fourth-order valence-corrected chi connectivity index (χ4v) is 2.12. The van der Waals surface area contributed by atoms with Gasteiger partial charge in [0, 0.05) is 25.5 Å². The van der Waals surface area contributed by atoms with E-state index in [9.17, 15) is 0 Å². The molecule has 0 radical (unpaired) electrons. The molecule has 3 heteroatoms. The van der Waals surface area contributed by atoms with E-state index < -0.39 is 0 Å². The minimum atomic E-state index is 0.917. The molecule has 1 aliphatic heterocycles. The minimum absolute atomic E-state index is 0.917. The van der Waals surface area contributed by atoms with Gasteiger partial charge in [-0.1, -0.05) is 13.3 Å². The molecule has 0 N–H and O–H groups in total. The summed E-state index contributed by atoms with van der Waals surface area (Å²) < 4.78 is 0. The molecule has 0 aromatic carbocycles. The zero-order chi connectivity index (χ0) is 11.2. The topological polar surface area (TPSA) is 29.0 Å². The maximum atomic E-state index is 4.47. The number of piperidine rings is 1. The minimum Gasteiger partial charge on any atom is -0.341 e. The van der Waals surface area contributed by atoms with Crippen molar-refractivity contribution in [3.63, 3.8) is 0 Å². The molecule has 2 rings (SSSR count). The Morgan fingerprint density at radius 1 is 1.12 bits per heavy atom. The lowest BCUT2D eigenvalue weighted by atomic mass is 10.1. The van der Waals surface area contributed by atoms with Gasteiger partial charge in [0.15, 0.2) is 0 Å². The van der Waals surface area contributed by atoms with Gasteiger partial charge in [-0.2, -0.15) is 0 Å². The highest BCUT2D eigenvalue weighted by molar-refractivity contribution is 5.30. The maximum absolute atomic E-state index is 4.47. The van der Waals surface area contributed by atoms with Gasteiger partial charge >= 0.3 is 0 Å². The third-order valence-corrected chi connectivity index (χ3v) is 3.15. The third-order valence-electron chi connectivity index (χ3n) is 3.15. The molecular weight excluding hydrogens is 198 g/mol. The number of rotatable bonds is 4. The highest BCUT2D eigenvalue weighted by Gasteiger charge is 2.12. The number of hydrogen-bond acceptors (Lipinski definition) is 3. The fourth-order valence-electron chi connectivity index (χ4n) is 2.12. The summed E-state index contributed by atoms with van der Waals surface area (Å²) in [5, 5.41) is 0. The first-order valence-corrected chi connectivity index (χ1v) is 6.46. The fraction of sp³-hybridized carbons (Fsp3) is 0.692. The summed E-state index contributed by atoms with van der Waals surface area (Å²) in [6.45, 7) is 4.45. The molecule has 0 bridgehead atoms.